The number of halogens is 2. The van der Waals surface area contributed by atoms with E-state index in [9.17, 15) is 9.50 Å². The molecule has 0 amide bonds. The van der Waals surface area contributed by atoms with Crippen LogP contribution >= 0.6 is 15.9 Å². The molecule has 0 saturated carbocycles. The minimum absolute atomic E-state index is 0.406. The number of aliphatic hydroxyl groups is 1. The standard InChI is InChI=1S/C14H12BrFO2/c1-18-13-7-6-9(16)8-11(13)14(17)10-4-2-3-5-12(10)15/h2-8,14,17H,1H3. The highest BCUT2D eigenvalue weighted by atomic mass is 79.9. The van der Waals surface area contributed by atoms with Crippen LogP contribution in [0.4, 0.5) is 4.39 Å². The number of hydrogen-bond donors (Lipinski definition) is 1. The van der Waals surface area contributed by atoms with Gasteiger partial charge in [-0.15, -0.1) is 0 Å². The molecule has 2 nitrogen and oxygen atoms in total. The highest BCUT2D eigenvalue weighted by Crippen LogP contribution is 2.33. The van der Waals surface area contributed by atoms with E-state index < -0.39 is 11.9 Å². The molecule has 0 saturated heterocycles. The molecule has 0 aliphatic rings. The zero-order chi connectivity index (χ0) is 13.1. The summed E-state index contributed by atoms with van der Waals surface area (Å²) in [7, 11) is 1.49. The van der Waals surface area contributed by atoms with Gasteiger partial charge >= 0.3 is 0 Å². The lowest BCUT2D eigenvalue weighted by atomic mass is 10.0. The van der Waals surface area contributed by atoms with Gasteiger partial charge in [0.05, 0.1) is 7.11 Å². The molecular formula is C14H12BrFO2. The van der Waals surface area contributed by atoms with Crippen LogP contribution in [0.1, 0.15) is 17.2 Å². The van der Waals surface area contributed by atoms with E-state index in [4.69, 9.17) is 4.74 Å². The molecular weight excluding hydrogens is 299 g/mol. The van der Waals surface area contributed by atoms with Crippen LogP contribution < -0.4 is 4.74 Å². The number of ether oxygens (including phenoxy) is 1. The first kappa shape index (κ1) is 13.1. The monoisotopic (exact) mass is 310 g/mol. The third kappa shape index (κ3) is 2.54. The van der Waals surface area contributed by atoms with Crippen molar-refractivity contribution in [3.05, 3.63) is 63.9 Å². The van der Waals surface area contributed by atoms with Crippen molar-refractivity contribution >= 4 is 15.9 Å². The smallest absolute Gasteiger partial charge is 0.125 e. The summed E-state index contributed by atoms with van der Waals surface area (Å²) >= 11 is 3.36. The van der Waals surface area contributed by atoms with Gasteiger partial charge in [-0.05, 0) is 29.8 Å². The Hall–Kier alpha value is -1.39. The summed E-state index contributed by atoms with van der Waals surface area (Å²) in [5, 5.41) is 10.3. The molecule has 1 atom stereocenters. The van der Waals surface area contributed by atoms with Crippen molar-refractivity contribution < 1.29 is 14.2 Å². The summed E-state index contributed by atoms with van der Waals surface area (Å²) in [6.07, 6.45) is -0.939. The molecule has 1 N–H and O–H groups in total. The van der Waals surface area contributed by atoms with Gasteiger partial charge in [0.1, 0.15) is 17.7 Å². The van der Waals surface area contributed by atoms with E-state index in [0.717, 1.165) is 4.47 Å². The highest BCUT2D eigenvalue weighted by Gasteiger charge is 2.18. The van der Waals surface area contributed by atoms with Crippen LogP contribution in [-0.4, -0.2) is 12.2 Å². The van der Waals surface area contributed by atoms with Gasteiger partial charge in [0.25, 0.3) is 0 Å². The molecule has 0 radical (unpaired) electrons. The predicted molar refractivity (Wildman–Crippen MR) is 71.2 cm³/mol. The molecule has 0 aliphatic carbocycles. The Labute approximate surface area is 113 Å². The Balaban J connectivity index is 2.48. The maximum atomic E-state index is 13.3. The lowest BCUT2D eigenvalue weighted by Crippen LogP contribution is -2.03. The van der Waals surface area contributed by atoms with Crippen molar-refractivity contribution in [3.8, 4) is 5.75 Å². The summed E-state index contributed by atoms with van der Waals surface area (Å²) < 4.78 is 19.2. The fourth-order valence-corrected chi connectivity index (χ4v) is 2.28. The minimum Gasteiger partial charge on any atom is -0.496 e. The number of methoxy groups -OCH3 is 1. The Morgan fingerprint density at radius 2 is 1.89 bits per heavy atom. The molecule has 18 heavy (non-hydrogen) atoms. The van der Waals surface area contributed by atoms with Gasteiger partial charge in [-0.1, -0.05) is 34.1 Å². The molecule has 0 fully saturated rings. The third-order valence-corrected chi connectivity index (χ3v) is 3.41. The van der Waals surface area contributed by atoms with Crippen LogP contribution in [0.25, 0.3) is 0 Å². The maximum absolute atomic E-state index is 13.3. The van der Waals surface area contributed by atoms with Crippen LogP contribution in [0.3, 0.4) is 0 Å². The van der Waals surface area contributed by atoms with E-state index in [1.54, 1.807) is 6.07 Å². The molecule has 2 rings (SSSR count). The predicted octanol–water partition coefficient (Wildman–Crippen LogP) is 3.68. The molecule has 1 unspecified atom stereocenters. The lowest BCUT2D eigenvalue weighted by Gasteiger charge is -2.16. The SMILES string of the molecule is COc1ccc(F)cc1C(O)c1ccccc1Br. The largest absolute Gasteiger partial charge is 0.496 e. The summed E-state index contributed by atoms with van der Waals surface area (Å²) in [6, 6.07) is 11.4. The van der Waals surface area contributed by atoms with E-state index in [2.05, 4.69) is 15.9 Å². The minimum atomic E-state index is -0.939. The van der Waals surface area contributed by atoms with Crippen LogP contribution in [-0.2, 0) is 0 Å². The summed E-state index contributed by atoms with van der Waals surface area (Å²) in [5.41, 5.74) is 1.07. The topological polar surface area (TPSA) is 29.5 Å². The lowest BCUT2D eigenvalue weighted by molar-refractivity contribution is 0.213. The van der Waals surface area contributed by atoms with Crippen molar-refractivity contribution in [2.45, 2.75) is 6.10 Å². The highest BCUT2D eigenvalue weighted by molar-refractivity contribution is 9.10. The molecule has 2 aromatic rings. The Bertz CT molecular complexity index is 557. The molecule has 0 heterocycles. The van der Waals surface area contributed by atoms with Crippen LogP contribution in [0, 0.1) is 5.82 Å². The summed E-state index contributed by atoms with van der Waals surface area (Å²) in [5.74, 6) is 0.0524. The second-order valence-electron chi connectivity index (χ2n) is 3.81. The van der Waals surface area contributed by atoms with Gasteiger partial charge < -0.3 is 9.84 Å². The van der Waals surface area contributed by atoms with Crippen LogP contribution in [0.5, 0.6) is 5.75 Å². The van der Waals surface area contributed by atoms with Crippen molar-refractivity contribution in [1.82, 2.24) is 0 Å². The second kappa shape index (κ2) is 5.50. The summed E-state index contributed by atoms with van der Waals surface area (Å²) in [4.78, 5) is 0. The molecule has 0 aliphatic heterocycles. The first-order chi connectivity index (χ1) is 8.63. The quantitative estimate of drug-likeness (QED) is 0.937. The summed E-state index contributed by atoms with van der Waals surface area (Å²) in [6.45, 7) is 0. The first-order valence-corrected chi connectivity index (χ1v) is 6.18. The number of benzene rings is 2. The zero-order valence-corrected chi connectivity index (χ0v) is 11.3. The normalized spacial score (nSPS) is 12.2. The van der Waals surface area contributed by atoms with Gasteiger partial charge in [-0.25, -0.2) is 4.39 Å². The van der Waals surface area contributed by atoms with E-state index in [-0.39, 0.29) is 0 Å². The van der Waals surface area contributed by atoms with Gasteiger partial charge in [0, 0.05) is 10.0 Å². The van der Waals surface area contributed by atoms with Gasteiger partial charge in [-0.2, -0.15) is 0 Å². The van der Waals surface area contributed by atoms with E-state index in [1.165, 1.54) is 25.3 Å². The van der Waals surface area contributed by atoms with E-state index in [0.29, 0.717) is 16.9 Å². The molecule has 0 spiro atoms. The van der Waals surface area contributed by atoms with Crippen molar-refractivity contribution in [3.63, 3.8) is 0 Å². The van der Waals surface area contributed by atoms with Crippen LogP contribution in [0.15, 0.2) is 46.9 Å². The van der Waals surface area contributed by atoms with Crippen molar-refractivity contribution in [2.75, 3.05) is 7.11 Å². The third-order valence-electron chi connectivity index (χ3n) is 2.69. The van der Waals surface area contributed by atoms with Crippen molar-refractivity contribution in [1.29, 1.82) is 0 Å². The fourth-order valence-electron chi connectivity index (χ4n) is 1.78. The second-order valence-corrected chi connectivity index (χ2v) is 4.66. The zero-order valence-electron chi connectivity index (χ0n) is 9.73. The van der Waals surface area contributed by atoms with E-state index >= 15 is 0 Å². The maximum Gasteiger partial charge on any atom is 0.125 e. The Kier molecular flexibility index (Phi) is 3.99. The molecule has 4 heteroatoms. The first-order valence-electron chi connectivity index (χ1n) is 5.39. The van der Waals surface area contributed by atoms with Gasteiger partial charge in [0.15, 0.2) is 0 Å². The van der Waals surface area contributed by atoms with Gasteiger partial charge in [-0.3, -0.25) is 0 Å². The molecule has 0 bridgehead atoms. The molecule has 2 aromatic carbocycles. The fraction of sp³-hybridized carbons (Fsp3) is 0.143. The average Bonchev–Trinajstić information content (AvgIpc) is 2.38. The average molecular weight is 311 g/mol. The molecule has 0 aromatic heterocycles. The number of aliphatic hydroxyl groups excluding tert-OH is 1. The van der Waals surface area contributed by atoms with Crippen molar-refractivity contribution in [2.24, 2.45) is 0 Å². The Morgan fingerprint density at radius 1 is 1.17 bits per heavy atom. The van der Waals surface area contributed by atoms with E-state index in [1.807, 2.05) is 18.2 Å². The number of hydrogen-bond acceptors (Lipinski definition) is 2. The van der Waals surface area contributed by atoms with Crippen LogP contribution in [0.2, 0.25) is 0 Å². The van der Waals surface area contributed by atoms with Gasteiger partial charge in [0.2, 0.25) is 0 Å². The molecule has 94 valence electrons. The Morgan fingerprint density at radius 3 is 2.56 bits per heavy atom. The number of rotatable bonds is 3.